The molecule has 2 aromatic heterocycles. The van der Waals surface area contributed by atoms with Crippen LogP contribution >= 0.6 is 0 Å². The molecule has 3 heterocycles. The first-order valence-corrected chi connectivity index (χ1v) is 12.0. The third-order valence-electron chi connectivity index (χ3n) is 5.78. The first-order valence-electron chi connectivity index (χ1n) is 12.0. The van der Waals surface area contributed by atoms with E-state index in [-0.39, 0.29) is 24.7 Å². The van der Waals surface area contributed by atoms with E-state index in [1.807, 2.05) is 20.8 Å². The number of rotatable bonds is 10. The predicted molar refractivity (Wildman–Crippen MR) is 126 cm³/mol. The zero-order chi connectivity index (χ0) is 24.8. The second-order valence-electron chi connectivity index (χ2n) is 9.04. The van der Waals surface area contributed by atoms with Crippen molar-refractivity contribution in [2.45, 2.75) is 72.6 Å². The van der Waals surface area contributed by atoms with Gasteiger partial charge in [-0.05, 0) is 19.3 Å². The lowest BCUT2D eigenvalue weighted by Crippen LogP contribution is -2.46. The van der Waals surface area contributed by atoms with Gasteiger partial charge in [-0.1, -0.05) is 27.2 Å². The number of carbonyl (C=O) groups excluding carboxylic acids is 2. The van der Waals surface area contributed by atoms with Crippen LogP contribution in [0, 0.1) is 5.92 Å². The topological polar surface area (TPSA) is 129 Å². The van der Waals surface area contributed by atoms with Crippen molar-refractivity contribution in [1.29, 1.82) is 0 Å². The first kappa shape index (κ1) is 25.7. The molecule has 34 heavy (non-hydrogen) atoms. The van der Waals surface area contributed by atoms with Crippen molar-refractivity contribution in [3.8, 4) is 0 Å². The summed E-state index contributed by atoms with van der Waals surface area (Å²) < 4.78 is 13.9. The second kappa shape index (κ2) is 11.5. The molecule has 0 saturated carbocycles. The highest BCUT2D eigenvalue weighted by Gasteiger charge is 2.26. The smallest absolute Gasteiger partial charge is 0.330 e. The number of aromatic amines is 1. The number of aryl methyl sites for hydroxylation is 2. The first-order chi connectivity index (χ1) is 16.2. The molecule has 0 bridgehead atoms. The lowest BCUT2D eigenvalue weighted by atomic mass is 10.2. The number of amides is 1. The summed E-state index contributed by atoms with van der Waals surface area (Å²) in [4.78, 5) is 58.8. The molecule has 2 aromatic rings. The van der Waals surface area contributed by atoms with Crippen molar-refractivity contribution >= 4 is 23.0 Å². The van der Waals surface area contributed by atoms with Crippen molar-refractivity contribution in [3.63, 3.8) is 0 Å². The maximum absolute atomic E-state index is 12.7. The van der Waals surface area contributed by atoms with E-state index in [0.717, 1.165) is 12.8 Å². The van der Waals surface area contributed by atoms with Crippen LogP contribution in [0.2, 0.25) is 0 Å². The number of fused-ring (bicyclic) bond motifs is 1. The minimum atomic E-state index is -0.887. The minimum Gasteiger partial charge on any atom is -0.453 e. The normalized spacial score (nSPS) is 15.1. The Hall–Kier alpha value is -2.95. The van der Waals surface area contributed by atoms with Gasteiger partial charge in [-0.25, -0.2) is 9.78 Å². The van der Waals surface area contributed by atoms with E-state index in [2.05, 4.69) is 9.97 Å². The zero-order valence-corrected chi connectivity index (χ0v) is 20.5. The Kier molecular flexibility index (Phi) is 8.65. The van der Waals surface area contributed by atoms with Gasteiger partial charge in [-0.15, -0.1) is 0 Å². The Morgan fingerprint density at radius 1 is 1.15 bits per heavy atom. The number of ether oxygens (including phenoxy) is 2. The Balaban J connectivity index is 1.79. The van der Waals surface area contributed by atoms with Crippen LogP contribution in [0.15, 0.2) is 9.59 Å². The number of morpholine rings is 1. The molecule has 0 spiro atoms. The molecule has 1 N–H and O–H groups in total. The fraction of sp³-hybridized carbons (Fsp3) is 0.696. The number of nitrogens with zero attached hydrogens (tertiary/aromatic N) is 4. The molecule has 11 nitrogen and oxygen atoms in total. The van der Waals surface area contributed by atoms with Crippen molar-refractivity contribution in [2.24, 2.45) is 5.92 Å². The SMILES string of the molecule is CCCCn1c(=O)[nH]c(=O)c2c1nc(CCC(=O)OC(C)C(=O)N1CCOCC1)n2CC(C)C. The van der Waals surface area contributed by atoms with Gasteiger partial charge in [0.2, 0.25) is 0 Å². The largest absolute Gasteiger partial charge is 0.453 e. The number of aromatic nitrogens is 4. The van der Waals surface area contributed by atoms with Gasteiger partial charge >= 0.3 is 11.7 Å². The third-order valence-corrected chi connectivity index (χ3v) is 5.78. The van der Waals surface area contributed by atoms with Crippen LogP contribution in [0.4, 0.5) is 0 Å². The number of esters is 1. The molecule has 1 saturated heterocycles. The van der Waals surface area contributed by atoms with Crippen molar-refractivity contribution in [2.75, 3.05) is 26.3 Å². The van der Waals surface area contributed by atoms with E-state index in [4.69, 9.17) is 9.47 Å². The van der Waals surface area contributed by atoms with Gasteiger partial charge in [0.1, 0.15) is 5.82 Å². The zero-order valence-electron chi connectivity index (χ0n) is 20.5. The lowest BCUT2D eigenvalue weighted by Gasteiger charge is -2.28. The summed E-state index contributed by atoms with van der Waals surface area (Å²) in [7, 11) is 0. The number of nitrogens with one attached hydrogen (secondary N) is 1. The van der Waals surface area contributed by atoms with Crippen LogP contribution in [0.5, 0.6) is 0 Å². The summed E-state index contributed by atoms with van der Waals surface area (Å²) >= 11 is 0. The highest BCUT2D eigenvalue weighted by Crippen LogP contribution is 2.16. The Morgan fingerprint density at radius 2 is 1.85 bits per heavy atom. The monoisotopic (exact) mass is 477 g/mol. The number of carbonyl (C=O) groups is 2. The third kappa shape index (κ3) is 5.94. The summed E-state index contributed by atoms with van der Waals surface area (Å²) in [5.74, 6) is -0.0106. The molecule has 1 aliphatic heterocycles. The Labute approximate surface area is 198 Å². The Morgan fingerprint density at radius 3 is 2.50 bits per heavy atom. The molecular formula is C23H35N5O6. The van der Waals surface area contributed by atoms with E-state index >= 15 is 0 Å². The van der Waals surface area contributed by atoms with Crippen LogP contribution in [-0.4, -0.2) is 68.3 Å². The van der Waals surface area contributed by atoms with E-state index in [0.29, 0.717) is 56.4 Å². The number of imidazole rings is 1. The van der Waals surface area contributed by atoms with Crippen LogP contribution in [0.25, 0.3) is 11.2 Å². The van der Waals surface area contributed by atoms with Gasteiger partial charge in [0.15, 0.2) is 17.3 Å². The number of hydrogen-bond acceptors (Lipinski definition) is 7. The minimum absolute atomic E-state index is 0.000749. The molecule has 1 atom stereocenters. The molecule has 1 unspecified atom stereocenters. The molecular weight excluding hydrogens is 442 g/mol. The molecule has 0 radical (unpaired) electrons. The van der Waals surface area contributed by atoms with Gasteiger partial charge in [0.25, 0.3) is 11.5 Å². The summed E-state index contributed by atoms with van der Waals surface area (Å²) in [5.41, 5.74) is -0.299. The van der Waals surface area contributed by atoms with Gasteiger partial charge in [0.05, 0.1) is 19.6 Å². The van der Waals surface area contributed by atoms with Crippen LogP contribution < -0.4 is 11.2 Å². The van der Waals surface area contributed by atoms with Crippen LogP contribution in [0.1, 0.15) is 52.8 Å². The molecule has 0 aliphatic carbocycles. The summed E-state index contributed by atoms with van der Waals surface area (Å²) in [6.45, 7) is 10.5. The lowest BCUT2D eigenvalue weighted by molar-refractivity contribution is -0.160. The second-order valence-corrected chi connectivity index (χ2v) is 9.04. The molecule has 11 heteroatoms. The van der Waals surface area contributed by atoms with Crippen LogP contribution in [0.3, 0.4) is 0 Å². The average Bonchev–Trinajstić information content (AvgIpc) is 3.15. The van der Waals surface area contributed by atoms with Gasteiger partial charge in [0, 0.05) is 32.6 Å². The maximum atomic E-state index is 12.7. The molecule has 0 aromatic carbocycles. The Bertz CT molecular complexity index is 1130. The summed E-state index contributed by atoms with van der Waals surface area (Å²) in [6.07, 6.45) is 0.996. The number of unbranched alkanes of at least 4 members (excludes halogenated alkanes) is 1. The van der Waals surface area contributed by atoms with Gasteiger partial charge in [-0.2, -0.15) is 0 Å². The molecule has 188 valence electrons. The van der Waals surface area contributed by atoms with E-state index < -0.39 is 23.3 Å². The molecule has 1 aliphatic rings. The van der Waals surface area contributed by atoms with Crippen LogP contribution in [-0.2, 0) is 38.6 Å². The summed E-state index contributed by atoms with van der Waals surface area (Å²) in [5, 5.41) is 0. The van der Waals surface area contributed by atoms with E-state index in [1.54, 1.807) is 16.4 Å². The van der Waals surface area contributed by atoms with Crippen molar-refractivity contribution < 1.29 is 19.1 Å². The van der Waals surface area contributed by atoms with Crippen molar-refractivity contribution in [3.05, 3.63) is 26.7 Å². The van der Waals surface area contributed by atoms with E-state index in [9.17, 15) is 19.2 Å². The molecule has 1 fully saturated rings. The highest BCUT2D eigenvalue weighted by atomic mass is 16.5. The number of H-pyrrole nitrogens is 1. The van der Waals surface area contributed by atoms with Gasteiger partial charge < -0.3 is 18.9 Å². The highest BCUT2D eigenvalue weighted by molar-refractivity contribution is 5.83. The quantitative estimate of drug-likeness (QED) is 0.507. The maximum Gasteiger partial charge on any atom is 0.330 e. The summed E-state index contributed by atoms with van der Waals surface area (Å²) in [6, 6.07) is 0. The standard InChI is InChI=1S/C23H35N5O6/c1-5-6-9-27-20-19(21(30)25-23(27)32)28(14-15(2)3)17(24-20)7-8-18(29)34-16(4)22(31)26-10-12-33-13-11-26/h15-16H,5-14H2,1-4H3,(H,25,30,32). The predicted octanol–water partition coefficient (Wildman–Crippen LogP) is 1.07. The number of hydrogen-bond donors (Lipinski definition) is 1. The fourth-order valence-corrected chi connectivity index (χ4v) is 4.06. The molecule has 1 amide bonds. The van der Waals surface area contributed by atoms with Crippen molar-refractivity contribution in [1.82, 2.24) is 24.0 Å². The molecule has 3 rings (SSSR count). The van der Waals surface area contributed by atoms with Gasteiger partial charge in [-0.3, -0.25) is 23.9 Å². The average molecular weight is 478 g/mol. The fourth-order valence-electron chi connectivity index (χ4n) is 4.06. The van der Waals surface area contributed by atoms with E-state index in [1.165, 1.54) is 4.57 Å².